The zero-order chi connectivity index (χ0) is 21.7. The van der Waals surface area contributed by atoms with Gasteiger partial charge in [-0.15, -0.1) is 11.3 Å². The Morgan fingerprint density at radius 2 is 1.57 bits per heavy atom. The number of fused-ring (bicyclic) bond motifs is 1. The molecule has 1 aliphatic carbocycles. The quantitative estimate of drug-likeness (QED) is 0.498. The van der Waals surface area contributed by atoms with Crippen molar-refractivity contribution in [1.82, 2.24) is 10.9 Å². The molecule has 0 spiro atoms. The molecule has 2 aromatic rings. The van der Waals surface area contributed by atoms with Gasteiger partial charge < -0.3 is 14.8 Å². The summed E-state index contributed by atoms with van der Waals surface area (Å²) in [7, 11) is 2.95. The van der Waals surface area contributed by atoms with Crippen molar-refractivity contribution in [2.24, 2.45) is 0 Å². The van der Waals surface area contributed by atoms with Gasteiger partial charge in [-0.3, -0.25) is 25.2 Å². The minimum atomic E-state index is -0.452. The van der Waals surface area contributed by atoms with Crippen LogP contribution in [0.1, 0.15) is 57.3 Å². The predicted molar refractivity (Wildman–Crippen MR) is 114 cm³/mol. The fourth-order valence-corrected chi connectivity index (χ4v) is 4.80. The topological polar surface area (TPSA) is 106 Å². The van der Waals surface area contributed by atoms with Crippen LogP contribution in [-0.4, -0.2) is 31.9 Å². The number of anilines is 1. The van der Waals surface area contributed by atoms with Crippen molar-refractivity contribution in [3.63, 3.8) is 0 Å². The molecule has 0 radical (unpaired) electrons. The Labute approximate surface area is 178 Å². The first-order valence-corrected chi connectivity index (χ1v) is 10.5. The number of carbonyl (C=O) groups excluding carboxylic acids is 3. The van der Waals surface area contributed by atoms with Crippen LogP contribution in [0.4, 0.5) is 5.00 Å². The normalized spacial score (nSPS) is 12.9. The molecule has 0 aliphatic heterocycles. The summed E-state index contributed by atoms with van der Waals surface area (Å²) in [5, 5.41) is 3.32. The molecule has 0 unspecified atom stereocenters. The number of hydrazine groups is 1. The van der Waals surface area contributed by atoms with E-state index in [1.54, 1.807) is 18.2 Å². The van der Waals surface area contributed by atoms with Gasteiger partial charge in [0.2, 0.25) is 5.91 Å². The maximum atomic E-state index is 13.1. The predicted octanol–water partition coefficient (Wildman–Crippen LogP) is 3.07. The Hall–Kier alpha value is -3.07. The van der Waals surface area contributed by atoms with Gasteiger partial charge in [0.25, 0.3) is 11.8 Å². The smallest absolute Gasteiger partial charge is 0.272 e. The summed E-state index contributed by atoms with van der Waals surface area (Å²) in [6.45, 7) is 1.31. The Morgan fingerprint density at radius 3 is 2.20 bits per heavy atom. The van der Waals surface area contributed by atoms with Crippen molar-refractivity contribution < 1.29 is 23.9 Å². The number of thiophene rings is 1. The fourth-order valence-electron chi connectivity index (χ4n) is 3.52. The Balaban J connectivity index is 1.99. The van der Waals surface area contributed by atoms with Crippen LogP contribution in [0.5, 0.6) is 11.5 Å². The SMILES string of the molecule is COc1cccc(OC)c1C(=O)Nc1sc2c(c1C(=O)NNC(C)=O)CCCCC2. The number of ether oxygens (including phenoxy) is 2. The number of nitrogens with one attached hydrogen (secondary N) is 3. The maximum absolute atomic E-state index is 13.1. The average Bonchev–Trinajstić information content (AvgIpc) is 2.91. The number of hydrogen-bond donors (Lipinski definition) is 3. The molecule has 1 heterocycles. The lowest BCUT2D eigenvalue weighted by molar-refractivity contribution is -0.119. The lowest BCUT2D eigenvalue weighted by atomic mass is 10.0. The number of hydrogen-bond acceptors (Lipinski definition) is 6. The van der Waals surface area contributed by atoms with Gasteiger partial charge in [-0.2, -0.15) is 0 Å². The number of rotatable bonds is 5. The van der Waals surface area contributed by atoms with E-state index in [1.165, 1.54) is 32.5 Å². The minimum absolute atomic E-state index is 0.249. The summed E-state index contributed by atoms with van der Waals surface area (Å²) in [5.74, 6) is -0.529. The molecule has 0 bridgehead atoms. The summed E-state index contributed by atoms with van der Waals surface area (Å²) >= 11 is 1.40. The monoisotopic (exact) mass is 431 g/mol. The lowest BCUT2D eigenvalue weighted by Gasteiger charge is -2.14. The van der Waals surface area contributed by atoms with E-state index in [2.05, 4.69) is 16.2 Å². The molecule has 3 amide bonds. The van der Waals surface area contributed by atoms with Gasteiger partial charge >= 0.3 is 0 Å². The van der Waals surface area contributed by atoms with Crippen molar-refractivity contribution in [3.8, 4) is 11.5 Å². The molecule has 0 saturated carbocycles. The molecule has 160 valence electrons. The number of methoxy groups -OCH3 is 2. The maximum Gasteiger partial charge on any atom is 0.272 e. The Bertz CT molecular complexity index is 948. The van der Waals surface area contributed by atoms with Crippen molar-refractivity contribution >= 4 is 34.1 Å². The standard InChI is InChI=1S/C21H25N3O5S/c1-12(25)23-24-20(27)17-13-8-5-4-6-11-16(13)30-21(17)22-19(26)18-14(28-2)9-7-10-15(18)29-3/h7,9-10H,4-6,8,11H2,1-3H3,(H,22,26)(H,23,25)(H,24,27). The summed E-state index contributed by atoms with van der Waals surface area (Å²) in [6.07, 6.45) is 4.71. The highest BCUT2D eigenvalue weighted by Crippen LogP contribution is 2.38. The molecule has 0 fully saturated rings. The van der Waals surface area contributed by atoms with Gasteiger partial charge in [-0.1, -0.05) is 12.5 Å². The van der Waals surface area contributed by atoms with Crippen molar-refractivity contribution in [2.45, 2.75) is 39.0 Å². The van der Waals surface area contributed by atoms with E-state index in [9.17, 15) is 14.4 Å². The van der Waals surface area contributed by atoms with Gasteiger partial charge in [0.15, 0.2) is 0 Å². The van der Waals surface area contributed by atoms with Crippen LogP contribution in [0.15, 0.2) is 18.2 Å². The molecular formula is C21H25N3O5S. The second-order valence-electron chi connectivity index (χ2n) is 6.90. The van der Waals surface area contributed by atoms with Crippen LogP contribution >= 0.6 is 11.3 Å². The molecule has 1 aliphatic rings. The lowest BCUT2D eigenvalue weighted by Crippen LogP contribution is -2.40. The van der Waals surface area contributed by atoms with E-state index in [-0.39, 0.29) is 11.5 Å². The molecule has 8 nitrogen and oxygen atoms in total. The molecule has 0 saturated heterocycles. The first-order valence-electron chi connectivity index (χ1n) is 9.70. The van der Waals surface area contributed by atoms with Crippen molar-refractivity contribution in [1.29, 1.82) is 0 Å². The first kappa shape index (κ1) is 21.6. The highest BCUT2D eigenvalue weighted by atomic mass is 32.1. The summed E-state index contributed by atoms with van der Waals surface area (Å²) < 4.78 is 10.6. The largest absolute Gasteiger partial charge is 0.496 e. The molecule has 9 heteroatoms. The highest BCUT2D eigenvalue weighted by Gasteiger charge is 2.27. The second-order valence-corrected chi connectivity index (χ2v) is 8.00. The van der Waals surface area contributed by atoms with Crippen LogP contribution in [0.3, 0.4) is 0 Å². The molecular weight excluding hydrogens is 406 g/mol. The molecule has 1 aromatic heterocycles. The van der Waals surface area contributed by atoms with Crippen LogP contribution in [0.2, 0.25) is 0 Å². The average molecular weight is 432 g/mol. The highest BCUT2D eigenvalue weighted by molar-refractivity contribution is 7.17. The van der Waals surface area contributed by atoms with Crippen LogP contribution in [0, 0.1) is 0 Å². The number of carbonyl (C=O) groups is 3. The third-order valence-electron chi connectivity index (χ3n) is 4.88. The minimum Gasteiger partial charge on any atom is -0.496 e. The second kappa shape index (κ2) is 9.62. The molecule has 1 aromatic carbocycles. The van der Waals surface area contributed by atoms with Crippen molar-refractivity contribution in [2.75, 3.05) is 19.5 Å². The molecule has 0 atom stereocenters. The van der Waals surface area contributed by atoms with Crippen LogP contribution in [-0.2, 0) is 17.6 Å². The van der Waals surface area contributed by atoms with E-state index in [0.29, 0.717) is 22.1 Å². The van der Waals surface area contributed by atoms with E-state index < -0.39 is 11.8 Å². The van der Waals surface area contributed by atoms with Gasteiger partial charge in [0.05, 0.1) is 19.8 Å². The summed E-state index contributed by atoms with van der Waals surface area (Å²) in [6, 6.07) is 5.07. The van der Waals surface area contributed by atoms with Gasteiger partial charge in [-0.25, -0.2) is 0 Å². The van der Waals surface area contributed by atoms with Crippen LogP contribution in [0.25, 0.3) is 0 Å². The fraction of sp³-hybridized carbons (Fsp3) is 0.381. The van der Waals surface area contributed by atoms with E-state index >= 15 is 0 Å². The number of aryl methyl sites for hydroxylation is 1. The van der Waals surface area contributed by atoms with Crippen molar-refractivity contribution in [3.05, 3.63) is 39.8 Å². The van der Waals surface area contributed by atoms with E-state index in [1.807, 2.05) is 0 Å². The Kier molecular flexibility index (Phi) is 6.94. The zero-order valence-electron chi connectivity index (χ0n) is 17.2. The van der Waals surface area contributed by atoms with E-state index in [0.717, 1.165) is 42.5 Å². The van der Waals surface area contributed by atoms with E-state index in [4.69, 9.17) is 9.47 Å². The number of amides is 3. The molecule has 30 heavy (non-hydrogen) atoms. The van der Waals surface area contributed by atoms with Gasteiger partial charge in [0.1, 0.15) is 22.1 Å². The number of benzene rings is 1. The summed E-state index contributed by atoms with van der Waals surface area (Å²) in [4.78, 5) is 38.3. The van der Waals surface area contributed by atoms with Crippen LogP contribution < -0.4 is 25.6 Å². The summed E-state index contributed by atoms with van der Waals surface area (Å²) in [5.41, 5.74) is 6.32. The van der Waals surface area contributed by atoms with Gasteiger partial charge in [-0.05, 0) is 43.4 Å². The van der Waals surface area contributed by atoms with Gasteiger partial charge in [0, 0.05) is 11.8 Å². The zero-order valence-corrected chi connectivity index (χ0v) is 18.0. The third-order valence-corrected chi connectivity index (χ3v) is 6.09. The Morgan fingerprint density at radius 1 is 0.900 bits per heavy atom. The molecule has 3 rings (SSSR count). The third kappa shape index (κ3) is 4.56. The first-order chi connectivity index (χ1) is 14.5. The molecule has 3 N–H and O–H groups in total.